The smallest absolute Gasteiger partial charge is 0.262 e. The molecule has 3 aromatic carbocycles. The molecular formula is C29H29ClN4O4S2. The van der Waals surface area contributed by atoms with Crippen LogP contribution in [-0.2, 0) is 11.4 Å². The second-order valence-corrected chi connectivity index (χ2v) is 11.4. The van der Waals surface area contributed by atoms with Crippen molar-refractivity contribution in [1.29, 1.82) is 0 Å². The first-order valence-electron chi connectivity index (χ1n) is 12.3. The van der Waals surface area contributed by atoms with Crippen LogP contribution in [0.15, 0.2) is 83.1 Å². The van der Waals surface area contributed by atoms with Crippen LogP contribution in [0.3, 0.4) is 0 Å². The molecule has 1 aromatic heterocycles. The fourth-order valence-electron chi connectivity index (χ4n) is 3.86. The molecule has 4 aromatic rings. The summed E-state index contributed by atoms with van der Waals surface area (Å²) in [7, 11) is 4.95. The van der Waals surface area contributed by atoms with Crippen molar-refractivity contribution >= 4 is 57.5 Å². The predicted octanol–water partition coefficient (Wildman–Crippen LogP) is 5.76. The molecule has 3 N–H and O–H groups in total. The zero-order valence-electron chi connectivity index (χ0n) is 22.2. The highest BCUT2D eigenvalue weighted by Gasteiger charge is 2.20. The number of nitrogens with zero attached hydrogens (tertiary/aromatic N) is 1. The minimum absolute atomic E-state index is 0.0939. The third-order valence-electron chi connectivity index (χ3n) is 5.85. The van der Waals surface area contributed by atoms with Gasteiger partial charge in [-0.25, -0.2) is 4.72 Å². The van der Waals surface area contributed by atoms with Crippen LogP contribution < -0.4 is 20.1 Å². The summed E-state index contributed by atoms with van der Waals surface area (Å²) in [6, 6.07) is 21.8. The molecule has 1 unspecified atom stereocenters. The van der Waals surface area contributed by atoms with Gasteiger partial charge in [0.25, 0.3) is 11.8 Å². The molecular weight excluding hydrogens is 568 g/mol. The molecule has 0 bridgehead atoms. The van der Waals surface area contributed by atoms with Crippen molar-refractivity contribution in [3.05, 3.63) is 93.6 Å². The van der Waals surface area contributed by atoms with E-state index in [1.54, 1.807) is 43.7 Å². The highest BCUT2D eigenvalue weighted by atomic mass is 35.5. The van der Waals surface area contributed by atoms with Gasteiger partial charge < -0.3 is 24.8 Å². The molecule has 0 spiro atoms. The number of methoxy groups -OCH3 is 1. The van der Waals surface area contributed by atoms with Crippen LogP contribution in [0.5, 0.6) is 5.75 Å². The van der Waals surface area contributed by atoms with Gasteiger partial charge >= 0.3 is 0 Å². The summed E-state index contributed by atoms with van der Waals surface area (Å²) in [6.07, 6.45) is 0. The lowest BCUT2D eigenvalue weighted by Gasteiger charge is -2.16. The van der Waals surface area contributed by atoms with Gasteiger partial charge in [-0.3, -0.25) is 9.59 Å². The van der Waals surface area contributed by atoms with Gasteiger partial charge in [0.15, 0.2) is 5.75 Å². The Bertz CT molecular complexity index is 1490. The Kier molecular flexibility index (Phi) is 9.94. The second-order valence-electron chi connectivity index (χ2n) is 8.88. The number of benzene rings is 3. The molecule has 0 saturated heterocycles. The molecule has 1 atom stereocenters. The van der Waals surface area contributed by atoms with E-state index in [9.17, 15) is 14.1 Å². The number of hydrogen-bond donors (Lipinski definition) is 3. The molecule has 8 nitrogen and oxygen atoms in total. The van der Waals surface area contributed by atoms with Crippen LogP contribution in [0.1, 0.15) is 20.0 Å². The lowest BCUT2D eigenvalue weighted by Crippen LogP contribution is -2.28. The summed E-state index contributed by atoms with van der Waals surface area (Å²) in [4.78, 5) is 27.1. The van der Waals surface area contributed by atoms with Crippen molar-refractivity contribution in [2.24, 2.45) is 0 Å². The maximum Gasteiger partial charge on any atom is 0.262 e. The van der Waals surface area contributed by atoms with Crippen molar-refractivity contribution < 1.29 is 18.9 Å². The molecule has 0 radical (unpaired) electrons. The molecule has 2 amide bonds. The predicted molar refractivity (Wildman–Crippen MR) is 163 cm³/mol. The van der Waals surface area contributed by atoms with Gasteiger partial charge in [0.2, 0.25) is 4.90 Å². The van der Waals surface area contributed by atoms with Crippen LogP contribution in [0.4, 0.5) is 11.4 Å². The molecule has 0 fully saturated rings. The number of carbonyl (C=O) groups excluding carboxylic acids is 2. The van der Waals surface area contributed by atoms with Crippen molar-refractivity contribution in [1.82, 2.24) is 10.2 Å². The van der Waals surface area contributed by atoms with Crippen LogP contribution in [0.25, 0.3) is 11.1 Å². The third kappa shape index (κ3) is 7.28. The van der Waals surface area contributed by atoms with E-state index in [1.807, 2.05) is 48.5 Å². The average molecular weight is 597 g/mol. The number of nitrogens with one attached hydrogen (secondary N) is 3. The van der Waals surface area contributed by atoms with Gasteiger partial charge in [0, 0.05) is 44.5 Å². The van der Waals surface area contributed by atoms with Crippen LogP contribution in [0.2, 0.25) is 5.02 Å². The van der Waals surface area contributed by atoms with E-state index in [2.05, 4.69) is 15.4 Å². The minimum Gasteiger partial charge on any atom is -0.588 e. The van der Waals surface area contributed by atoms with E-state index in [4.69, 9.17) is 16.3 Å². The van der Waals surface area contributed by atoms with E-state index in [0.717, 1.165) is 16.8 Å². The molecule has 0 aliphatic rings. The molecule has 0 saturated carbocycles. The fourth-order valence-corrected chi connectivity index (χ4v) is 5.94. The van der Waals surface area contributed by atoms with Crippen LogP contribution in [0, 0.1) is 0 Å². The largest absolute Gasteiger partial charge is 0.588 e. The van der Waals surface area contributed by atoms with Crippen molar-refractivity contribution in [2.45, 2.75) is 4.90 Å². The standard InChI is InChI=1S/C29H29ClN4O4S2/c1-34(2)29(36)21-7-4-6-19(16-21)20-10-11-25(38-3)26(17-20)40(37)33-23-9-5-8-22(18-23)31-13-14-32-28(35)27-24(30)12-15-39-27/h4-12,15-18,31,33H,13-14H2,1-3H3,(H,32,35). The Morgan fingerprint density at radius 1 is 0.975 bits per heavy atom. The molecule has 0 aliphatic carbocycles. The van der Waals surface area contributed by atoms with Gasteiger partial charge in [-0.15, -0.1) is 11.3 Å². The van der Waals surface area contributed by atoms with E-state index >= 15 is 0 Å². The minimum atomic E-state index is -1.64. The SMILES string of the molecule is COc1ccc(-c2cccc(C(=O)N(C)C)c2)cc1[S+]([O-])Nc1cccc(NCCNC(=O)c2sccc2Cl)c1. The number of ether oxygens (including phenoxy) is 1. The molecule has 208 valence electrons. The number of amides is 2. The summed E-state index contributed by atoms with van der Waals surface area (Å²) in [5, 5.41) is 8.30. The van der Waals surface area contributed by atoms with Gasteiger partial charge in [0.1, 0.15) is 16.2 Å². The summed E-state index contributed by atoms with van der Waals surface area (Å²) < 4.78 is 21.9. The number of thiophene rings is 1. The highest BCUT2D eigenvalue weighted by Crippen LogP contribution is 2.32. The van der Waals surface area contributed by atoms with E-state index in [-0.39, 0.29) is 11.8 Å². The number of rotatable bonds is 11. The van der Waals surface area contributed by atoms with E-state index < -0.39 is 11.4 Å². The first-order valence-corrected chi connectivity index (χ1v) is 14.7. The summed E-state index contributed by atoms with van der Waals surface area (Å²) in [6.45, 7) is 0.897. The highest BCUT2D eigenvalue weighted by molar-refractivity contribution is 7.92. The van der Waals surface area contributed by atoms with Crippen LogP contribution in [-0.4, -0.2) is 55.6 Å². The summed E-state index contributed by atoms with van der Waals surface area (Å²) in [5.74, 6) is 0.175. The Balaban J connectivity index is 1.42. The molecule has 11 heteroatoms. The van der Waals surface area contributed by atoms with E-state index in [1.165, 1.54) is 23.3 Å². The average Bonchev–Trinajstić information content (AvgIpc) is 3.40. The number of carbonyl (C=O) groups is 2. The Labute approximate surface area is 245 Å². The zero-order valence-corrected chi connectivity index (χ0v) is 24.6. The van der Waals surface area contributed by atoms with Gasteiger partial charge in [-0.2, -0.15) is 0 Å². The summed E-state index contributed by atoms with van der Waals surface area (Å²) in [5.41, 5.74) is 3.64. The first kappa shape index (κ1) is 29.3. The first-order chi connectivity index (χ1) is 19.3. The number of halogens is 1. The Morgan fingerprint density at radius 3 is 2.45 bits per heavy atom. The quantitative estimate of drug-likeness (QED) is 0.150. The molecule has 0 aliphatic heterocycles. The fraction of sp³-hybridized carbons (Fsp3) is 0.172. The van der Waals surface area contributed by atoms with Crippen molar-refractivity contribution in [3.8, 4) is 16.9 Å². The number of hydrogen-bond acceptors (Lipinski definition) is 7. The lowest BCUT2D eigenvalue weighted by atomic mass is 10.0. The normalized spacial score (nSPS) is 11.4. The van der Waals surface area contributed by atoms with Crippen molar-refractivity contribution in [2.75, 3.05) is 44.3 Å². The molecule has 4 rings (SSSR count). The number of anilines is 2. The maximum atomic E-state index is 13.4. The van der Waals surface area contributed by atoms with Gasteiger partial charge in [-0.05, 0) is 59.0 Å². The van der Waals surface area contributed by atoms with Gasteiger partial charge in [-0.1, -0.05) is 35.9 Å². The summed E-state index contributed by atoms with van der Waals surface area (Å²) >= 11 is 5.67. The van der Waals surface area contributed by atoms with Crippen molar-refractivity contribution in [3.63, 3.8) is 0 Å². The topological polar surface area (TPSA) is 106 Å². The molecule has 1 heterocycles. The Hall–Kier alpha value is -3.70. The molecule has 40 heavy (non-hydrogen) atoms. The maximum absolute atomic E-state index is 13.4. The van der Waals surface area contributed by atoms with E-state index in [0.29, 0.717) is 44.9 Å². The second kappa shape index (κ2) is 13.6. The monoisotopic (exact) mass is 596 g/mol. The third-order valence-corrected chi connectivity index (χ3v) is 8.33. The lowest BCUT2D eigenvalue weighted by molar-refractivity contribution is 0.0827. The van der Waals surface area contributed by atoms with Gasteiger partial charge in [0.05, 0.1) is 17.8 Å². The Morgan fingerprint density at radius 2 is 1.73 bits per heavy atom. The van der Waals surface area contributed by atoms with Crippen LogP contribution >= 0.6 is 22.9 Å². The zero-order chi connectivity index (χ0) is 28.6.